The van der Waals surface area contributed by atoms with Crippen molar-refractivity contribution in [3.8, 4) is 5.75 Å². The molecule has 0 bridgehead atoms. The molecular weight excluding hydrogens is 274 g/mol. The fourth-order valence-electron chi connectivity index (χ4n) is 1.96. The van der Waals surface area contributed by atoms with E-state index in [1.165, 1.54) is 6.08 Å². The fraction of sp³-hybridized carbons (Fsp3) is 0.333. The van der Waals surface area contributed by atoms with E-state index >= 15 is 0 Å². The number of carbonyl (C=O) groups is 2. The lowest BCUT2D eigenvalue weighted by atomic mass is 9.98. The van der Waals surface area contributed by atoms with Crippen LogP contribution in [0.4, 0.5) is 4.79 Å². The maximum atomic E-state index is 11.4. The number of aromatic hydroxyl groups is 1. The summed E-state index contributed by atoms with van der Waals surface area (Å²) in [5, 5.41) is 21.4. The van der Waals surface area contributed by atoms with Gasteiger partial charge in [0.05, 0.1) is 0 Å². The Labute approximate surface area is 123 Å². The standard InChI is InChI=1S/C15H19NO5/c1-4-5-21-15(20)16-12(14(18)19)8-11-10(3)6-9(2)7-13(11)17/h4,6-7,12,17H,1,5,8H2,2-3H3,(H,16,20)(H,18,19). The van der Waals surface area contributed by atoms with E-state index in [4.69, 9.17) is 4.74 Å². The van der Waals surface area contributed by atoms with Crippen LogP contribution in [-0.4, -0.2) is 34.9 Å². The second kappa shape index (κ2) is 7.33. The molecule has 0 saturated heterocycles. The maximum absolute atomic E-state index is 11.4. The number of rotatable bonds is 6. The predicted octanol–water partition coefficient (Wildman–Crippen LogP) is 1.92. The molecule has 6 heteroatoms. The summed E-state index contributed by atoms with van der Waals surface area (Å²) in [6.07, 6.45) is 0.508. The molecule has 114 valence electrons. The number of amides is 1. The average Bonchev–Trinajstić information content (AvgIpc) is 2.38. The molecule has 0 fully saturated rings. The van der Waals surface area contributed by atoms with Gasteiger partial charge >= 0.3 is 12.1 Å². The Bertz CT molecular complexity index is 530. The smallest absolute Gasteiger partial charge is 0.408 e. The zero-order chi connectivity index (χ0) is 16.0. The summed E-state index contributed by atoms with van der Waals surface area (Å²) in [5.41, 5.74) is 2.12. The first kappa shape index (κ1) is 16.6. The van der Waals surface area contributed by atoms with Gasteiger partial charge in [0.25, 0.3) is 0 Å². The van der Waals surface area contributed by atoms with E-state index in [1.807, 2.05) is 13.0 Å². The van der Waals surface area contributed by atoms with Crippen molar-refractivity contribution in [1.82, 2.24) is 5.32 Å². The van der Waals surface area contributed by atoms with Gasteiger partial charge in [0, 0.05) is 6.42 Å². The minimum Gasteiger partial charge on any atom is -0.508 e. The van der Waals surface area contributed by atoms with Gasteiger partial charge in [0.1, 0.15) is 18.4 Å². The molecule has 1 aromatic carbocycles. The number of hydrogen-bond donors (Lipinski definition) is 3. The highest BCUT2D eigenvalue weighted by atomic mass is 16.5. The number of alkyl carbamates (subject to hydrolysis) is 1. The van der Waals surface area contributed by atoms with Crippen molar-refractivity contribution in [3.63, 3.8) is 0 Å². The van der Waals surface area contributed by atoms with Crippen molar-refractivity contribution in [3.05, 3.63) is 41.5 Å². The predicted molar refractivity (Wildman–Crippen MR) is 77.4 cm³/mol. The van der Waals surface area contributed by atoms with Crippen LogP contribution >= 0.6 is 0 Å². The fourth-order valence-corrected chi connectivity index (χ4v) is 1.96. The third kappa shape index (κ3) is 4.83. The summed E-state index contributed by atoms with van der Waals surface area (Å²) in [6, 6.07) is 2.20. The molecule has 21 heavy (non-hydrogen) atoms. The lowest BCUT2D eigenvalue weighted by molar-refractivity contribution is -0.139. The van der Waals surface area contributed by atoms with Crippen LogP contribution in [-0.2, 0) is 16.0 Å². The van der Waals surface area contributed by atoms with Crippen molar-refractivity contribution in [2.24, 2.45) is 0 Å². The molecule has 0 aromatic heterocycles. The molecule has 0 radical (unpaired) electrons. The molecule has 3 N–H and O–H groups in total. The number of carboxylic acids is 1. The van der Waals surface area contributed by atoms with Crippen LogP contribution in [0.2, 0.25) is 0 Å². The highest BCUT2D eigenvalue weighted by Gasteiger charge is 2.23. The van der Waals surface area contributed by atoms with Crippen LogP contribution in [0.15, 0.2) is 24.8 Å². The van der Waals surface area contributed by atoms with E-state index < -0.39 is 18.1 Å². The Balaban J connectivity index is 2.87. The quantitative estimate of drug-likeness (QED) is 0.696. The summed E-state index contributed by atoms with van der Waals surface area (Å²) < 4.78 is 4.70. The first-order chi connectivity index (χ1) is 9.85. The Kier molecular flexibility index (Phi) is 5.78. The lowest BCUT2D eigenvalue weighted by Gasteiger charge is -2.17. The van der Waals surface area contributed by atoms with Gasteiger partial charge in [-0.3, -0.25) is 0 Å². The number of carboxylic acid groups (broad SMARTS) is 1. The Morgan fingerprint density at radius 3 is 2.62 bits per heavy atom. The third-order valence-electron chi connectivity index (χ3n) is 2.92. The largest absolute Gasteiger partial charge is 0.508 e. The topological polar surface area (TPSA) is 95.9 Å². The minimum atomic E-state index is -1.20. The van der Waals surface area contributed by atoms with E-state index in [0.717, 1.165) is 11.1 Å². The zero-order valence-corrected chi connectivity index (χ0v) is 12.0. The summed E-state index contributed by atoms with van der Waals surface area (Å²) in [6.45, 7) is 6.99. The number of aliphatic carboxylic acids is 1. The van der Waals surface area contributed by atoms with Crippen LogP contribution in [0.3, 0.4) is 0 Å². The molecule has 1 rings (SSSR count). The molecule has 0 spiro atoms. The molecule has 1 amide bonds. The monoisotopic (exact) mass is 293 g/mol. The second-order valence-corrected chi connectivity index (χ2v) is 4.71. The van der Waals surface area contributed by atoms with Crippen molar-refractivity contribution >= 4 is 12.1 Å². The van der Waals surface area contributed by atoms with Crippen molar-refractivity contribution < 1.29 is 24.5 Å². The Hall–Kier alpha value is -2.50. The highest BCUT2D eigenvalue weighted by molar-refractivity contribution is 5.80. The van der Waals surface area contributed by atoms with E-state index in [9.17, 15) is 19.8 Å². The Morgan fingerprint density at radius 1 is 1.43 bits per heavy atom. The molecule has 0 aliphatic heterocycles. The summed E-state index contributed by atoms with van der Waals surface area (Å²) >= 11 is 0. The van der Waals surface area contributed by atoms with Crippen LogP contribution in [0.5, 0.6) is 5.75 Å². The first-order valence-electron chi connectivity index (χ1n) is 6.41. The lowest BCUT2D eigenvalue weighted by Crippen LogP contribution is -2.42. The molecule has 0 saturated carbocycles. The molecule has 0 aliphatic rings. The van der Waals surface area contributed by atoms with Gasteiger partial charge in [-0.15, -0.1) is 0 Å². The van der Waals surface area contributed by atoms with Gasteiger partial charge in [0.2, 0.25) is 0 Å². The zero-order valence-electron chi connectivity index (χ0n) is 12.0. The van der Waals surface area contributed by atoms with Crippen LogP contribution in [0.1, 0.15) is 16.7 Å². The number of phenolic OH excluding ortho intramolecular Hbond substituents is 1. The van der Waals surface area contributed by atoms with Crippen LogP contribution < -0.4 is 5.32 Å². The molecular formula is C15H19NO5. The summed E-state index contributed by atoms with van der Waals surface area (Å²) in [4.78, 5) is 22.7. The number of carbonyl (C=O) groups excluding carboxylic acids is 1. The van der Waals surface area contributed by atoms with E-state index in [2.05, 4.69) is 11.9 Å². The molecule has 0 heterocycles. The van der Waals surface area contributed by atoms with E-state index in [1.54, 1.807) is 13.0 Å². The second-order valence-electron chi connectivity index (χ2n) is 4.71. The number of phenols is 1. The van der Waals surface area contributed by atoms with Crippen LogP contribution in [0.25, 0.3) is 0 Å². The van der Waals surface area contributed by atoms with Crippen molar-refractivity contribution in [2.45, 2.75) is 26.3 Å². The number of benzene rings is 1. The van der Waals surface area contributed by atoms with Gasteiger partial charge in [0.15, 0.2) is 0 Å². The third-order valence-corrected chi connectivity index (χ3v) is 2.92. The molecule has 0 aliphatic carbocycles. The number of ether oxygens (including phenoxy) is 1. The van der Waals surface area contributed by atoms with Gasteiger partial charge in [-0.2, -0.15) is 0 Å². The number of hydrogen-bond acceptors (Lipinski definition) is 4. The Morgan fingerprint density at radius 2 is 2.10 bits per heavy atom. The minimum absolute atomic E-state index is 0.00696. The SMILES string of the molecule is C=CCOC(=O)NC(Cc1c(C)cc(C)cc1O)C(=O)O. The highest BCUT2D eigenvalue weighted by Crippen LogP contribution is 2.24. The van der Waals surface area contributed by atoms with Crippen LogP contribution in [0, 0.1) is 13.8 Å². The number of aryl methyl sites for hydroxylation is 2. The number of nitrogens with one attached hydrogen (secondary N) is 1. The van der Waals surface area contributed by atoms with E-state index in [0.29, 0.717) is 5.56 Å². The molecule has 1 atom stereocenters. The van der Waals surface area contributed by atoms with E-state index in [-0.39, 0.29) is 18.8 Å². The summed E-state index contributed by atoms with van der Waals surface area (Å²) in [7, 11) is 0. The van der Waals surface area contributed by atoms with Crippen molar-refractivity contribution in [2.75, 3.05) is 6.61 Å². The average molecular weight is 293 g/mol. The molecule has 1 unspecified atom stereocenters. The van der Waals surface area contributed by atoms with Crippen molar-refractivity contribution in [1.29, 1.82) is 0 Å². The summed E-state index contributed by atoms with van der Waals surface area (Å²) in [5.74, 6) is -1.19. The van der Waals surface area contributed by atoms with Gasteiger partial charge < -0.3 is 20.3 Å². The van der Waals surface area contributed by atoms with Gasteiger partial charge in [-0.1, -0.05) is 18.7 Å². The molecule has 6 nitrogen and oxygen atoms in total. The first-order valence-corrected chi connectivity index (χ1v) is 6.41. The molecule has 1 aromatic rings. The maximum Gasteiger partial charge on any atom is 0.408 e. The normalized spacial score (nSPS) is 11.5. The van der Waals surface area contributed by atoms with Gasteiger partial charge in [-0.25, -0.2) is 9.59 Å². The van der Waals surface area contributed by atoms with Gasteiger partial charge in [-0.05, 0) is 36.6 Å².